The van der Waals surface area contributed by atoms with Crippen molar-refractivity contribution in [1.82, 2.24) is 19.6 Å². The zero-order valence-electron chi connectivity index (χ0n) is 26.3. The Morgan fingerprint density at radius 1 is 0.778 bits per heavy atom. The van der Waals surface area contributed by atoms with Crippen molar-refractivity contribution in [3.8, 4) is 23.3 Å². The highest BCUT2D eigenvalue weighted by atomic mass is 127. The van der Waals surface area contributed by atoms with E-state index in [1.165, 1.54) is 0 Å². The third kappa shape index (κ3) is 9.36. The zero-order chi connectivity index (χ0) is 33.3. The molecule has 0 saturated carbocycles. The molecule has 2 aromatic heterocycles. The van der Waals surface area contributed by atoms with Crippen molar-refractivity contribution in [2.75, 3.05) is 13.2 Å². The molecule has 0 aliphatic heterocycles. The first-order valence-corrected chi connectivity index (χ1v) is 16.7. The lowest BCUT2D eigenvalue weighted by molar-refractivity contribution is 0.0507. The second-order valence-corrected chi connectivity index (χ2v) is 11.8. The summed E-state index contributed by atoms with van der Waals surface area (Å²) in [5.41, 5.74) is 1.93. The molecule has 242 valence electrons. The second-order valence-electron chi connectivity index (χ2n) is 10.2. The van der Waals surface area contributed by atoms with E-state index >= 15 is 0 Å². The number of nitrogens with zero attached hydrogens (tertiary/aromatic N) is 4. The van der Waals surface area contributed by atoms with E-state index in [2.05, 4.69) is 32.8 Å². The van der Waals surface area contributed by atoms with Gasteiger partial charge >= 0.3 is 11.9 Å². The van der Waals surface area contributed by atoms with Crippen LogP contribution in [0.3, 0.4) is 0 Å². The van der Waals surface area contributed by atoms with Crippen LogP contribution in [0.5, 0.6) is 23.3 Å². The number of hydrogen-bond donors (Lipinski definition) is 0. The van der Waals surface area contributed by atoms with E-state index in [0.717, 1.165) is 5.56 Å². The van der Waals surface area contributed by atoms with Gasteiger partial charge in [-0.2, -0.15) is 10.2 Å². The number of esters is 2. The highest BCUT2D eigenvalue weighted by Gasteiger charge is 2.26. The Bertz CT molecular complexity index is 1620. The molecule has 0 N–H and O–H groups in total. The summed E-state index contributed by atoms with van der Waals surface area (Å²) in [5, 5.41) is 9.89. The molecule has 45 heavy (non-hydrogen) atoms. The minimum atomic E-state index is -0.449. The molecular weight excluding hydrogens is 734 g/mol. The van der Waals surface area contributed by atoms with Crippen LogP contribution >= 0.6 is 45.8 Å². The lowest BCUT2D eigenvalue weighted by Gasteiger charge is -2.13. The monoisotopic (exact) mass is 770 g/mol. The Hall–Kier alpha value is -3.29. The maximum atomic E-state index is 12.1. The molecule has 0 atom stereocenters. The highest BCUT2D eigenvalue weighted by molar-refractivity contribution is 14.1. The largest absolute Gasteiger partial charge is 0.461 e. The molecule has 0 radical (unpaired) electrons. The van der Waals surface area contributed by atoms with Crippen LogP contribution in [0.15, 0.2) is 48.5 Å². The van der Waals surface area contributed by atoms with Crippen LogP contribution in [0.4, 0.5) is 0 Å². The van der Waals surface area contributed by atoms with Gasteiger partial charge in [-0.15, -0.1) is 0 Å². The molecule has 0 saturated heterocycles. The SMILES string of the molecule is CCOC(=O)c1nn(C(C)C)c(Oc2cccc(Cl)c2)c1C.CCOC(=O)c1nn(C(C)C)c(Oc2cccc(Cl)c2)c1CI. The molecule has 10 nitrogen and oxygen atoms in total. The van der Waals surface area contributed by atoms with Crippen molar-refractivity contribution in [3.05, 3.63) is 81.1 Å². The summed E-state index contributed by atoms with van der Waals surface area (Å²) in [4.78, 5) is 24.1. The van der Waals surface area contributed by atoms with E-state index in [0.29, 0.717) is 62.2 Å². The number of rotatable bonds is 11. The van der Waals surface area contributed by atoms with E-state index < -0.39 is 11.9 Å². The molecule has 13 heteroatoms. The van der Waals surface area contributed by atoms with E-state index in [1.54, 1.807) is 66.5 Å². The Kier molecular flexibility index (Phi) is 13.6. The number of aromatic nitrogens is 4. The quantitative estimate of drug-likeness (QED) is 0.0844. The second kappa shape index (κ2) is 16.9. The normalized spacial score (nSPS) is 10.8. The summed E-state index contributed by atoms with van der Waals surface area (Å²) in [6, 6.07) is 14.3. The van der Waals surface area contributed by atoms with Crippen LogP contribution in [0, 0.1) is 6.92 Å². The first kappa shape index (κ1) is 36.2. The van der Waals surface area contributed by atoms with Gasteiger partial charge in [-0.3, -0.25) is 0 Å². The maximum Gasteiger partial charge on any atom is 0.359 e. The average molecular weight is 771 g/mol. The Morgan fingerprint density at radius 3 is 1.67 bits per heavy atom. The van der Waals surface area contributed by atoms with E-state index in [-0.39, 0.29) is 17.8 Å². The number of benzene rings is 2. The molecule has 0 unspecified atom stereocenters. The average Bonchev–Trinajstić information content (AvgIpc) is 3.51. The van der Waals surface area contributed by atoms with Crippen molar-refractivity contribution in [3.63, 3.8) is 0 Å². The van der Waals surface area contributed by atoms with Crippen LogP contribution in [0.2, 0.25) is 10.0 Å². The number of hydrogen-bond acceptors (Lipinski definition) is 8. The summed E-state index contributed by atoms with van der Waals surface area (Å²) in [5.74, 6) is 1.36. The molecule has 0 fully saturated rings. The molecule has 0 bridgehead atoms. The van der Waals surface area contributed by atoms with Gasteiger partial charge in [-0.1, -0.05) is 57.9 Å². The minimum Gasteiger partial charge on any atom is -0.461 e. The summed E-state index contributed by atoms with van der Waals surface area (Å²) in [6.07, 6.45) is 0. The maximum absolute atomic E-state index is 12.1. The molecule has 0 spiro atoms. The Balaban J connectivity index is 0.000000246. The first-order valence-electron chi connectivity index (χ1n) is 14.4. The molecule has 0 aliphatic carbocycles. The fourth-order valence-electron chi connectivity index (χ4n) is 4.05. The van der Waals surface area contributed by atoms with E-state index in [1.807, 2.05) is 39.8 Å². The van der Waals surface area contributed by atoms with Gasteiger partial charge in [0.25, 0.3) is 0 Å². The van der Waals surface area contributed by atoms with Gasteiger partial charge in [-0.25, -0.2) is 19.0 Å². The summed E-state index contributed by atoms with van der Waals surface area (Å²) in [7, 11) is 0. The van der Waals surface area contributed by atoms with Crippen LogP contribution in [0.25, 0.3) is 0 Å². The molecular formula is C32H37Cl2IN4O6. The number of carbonyl (C=O) groups excluding carboxylic acids is 2. The number of ether oxygens (including phenoxy) is 4. The zero-order valence-corrected chi connectivity index (χ0v) is 29.9. The third-order valence-electron chi connectivity index (χ3n) is 6.12. The predicted octanol–water partition coefficient (Wildman–Crippen LogP) is 9.42. The van der Waals surface area contributed by atoms with Gasteiger partial charge < -0.3 is 18.9 Å². The van der Waals surface area contributed by atoms with Crippen molar-refractivity contribution >= 4 is 57.7 Å². The Morgan fingerprint density at radius 2 is 1.22 bits per heavy atom. The van der Waals surface area contributed by atoms with Gasteiger partial charge in [0.2, 0.25) is 11.8 Å². The summed E-state index contributed by atoms with van der Waals surface area (Å²) >= 11 is 14.2. The third-order valence-corrected chi connectivity index (χ3v) is 7.36. The first-order chi connectivity index (χ1) is 21.4. The van der Waals surface area contributed by atoms with Gasteiger partial charge in [0.15, 0.2) is 11.4 Å². The van der Waals surface area contributed by atoms with Crippen LogP contribution < -0.4 is 9.47 Å². The van der Waals surface area contributed by atoms with Crippen LogP contribution in [-0.4, -0.2) is 44.7 Å². The van der Waals surface area contributed by atoms with Gasteiger partial charge in [0.1, 0.15) is 11.5 Å². The van der Waals surface area contributed by atoms with Gasteiger partial charge in [-0.05, 0) is 84.9 Å². The van der Waals surface area contributed by atoms with E-state index in [9.17, 15) is 9.59 Å². The smallest absolute Gasteiger partial charge is 0.359 e. The van der Waals surface area contributed by atoms with E-state index in [4.69, 9.17) is 42.1 Å². The fraction of sp³-hybridized carbons (Fsp3) is 0.375. The predicted molar refractivity (Wildman–Crippen MR) is 183 cm³/mol. The molecule has 2 aromatic carbocycles. The molecule has 4 aromatic rings. The molecule has 0 amide bonds. The summed E-state index contributed by atoms with van der Waals surface area (Å²) < 4.78 is 26.0. The van der Waals surface area contributed by atoms with Crippen molar-refractivity contribution in [2.45, 2.75) is 65.0 Å². The van der Waals surface area contributed by atoms with Crippen molar-refractivity contribution in [2.24, 2.45) is 0 Å². The van der Waals surface area contributed by atoms with Gasteiger partial charge in [0.05, 0.1) is 30.9 Å². The lowest BCUT2D eigenvalue weighted by atomic mass is 10.2. The van der Waals surface area contributed by atoms with Gasteiger partial charge in [0, 0.05) is 20.0 Å². The van der Waals surface area contributed by atoms with Crippen molar-refractivity contribution < 1.29 is 28.5 Å². The highest BCUT2D eigenvalue weighted by Crippen LogP contribution is 2.34. The standard InChI is InChI=1S/C16H18ClIN2O3.C16H19ClN2O3/c1-4-22-16(21)14-13(9-18)15(20(19-14)10(2)3)23-12-7-5-6-11(17)8-12;1-5-21-16(20)14-11(4)15(19(18-14)10(2)3)22-13-8-6-7-12(17)9-13/h5-8,10H,4,9H2,1-3H3;6-10H,5H2,1-4H3. The number of carbonyl (C=O) groups is 2. The summed E-state index contributed by atoms with van der Waals surface area (Å²) in [6.45, 7) is 13.8. The molecule has 0 aliphatic rings. The Labute approximate surface area is 287 Å². The minimum absolute atomic E-state index is 0.0362. The lowest BCUT2D eigenvalue weighted by Crippen LogP contribution is -2.09. The molecule has 2 heterocycles. The molecule has 4 rings (SSSR count). The van der Waals surface area contributed by atoms with Crippen LogP contribution in [0.1, 0.15) is 85.7 Å². The van der Waals surface area contributed by atoms with Crippen molar-refractivity contribution in [1.29, 1.82) is 0 Å². The fourth-order valence-corrected chi connectivity index (χ4v) is 5.10. The topological polar surface area (TPSA) is 107 Å². The van der Waals surface area contributed by atoms with Crippen LogP contribution in [-0.2, 0) is 13.9 Å². The number of halogens is 3. The number of alkyl halides is 1.